The lowest BCUT2D eigenvalue weighted by molar-refractivity contribution is 0.140. The van der Waals surface area contributed by atoms with Crippen LogP contribution in [0.1, 0.15) is 12.1 Å². The van der Waals surface area contributed by atoms with Gasteiger partial charge in [-0.2, -0.15) is 0 Å². The molecule has 0 aromatic carbocycles. The number of carbonyl (C=O) groups excluding carboxylic acids is 1. The predicted molar refractivity (Wildman–Crippen MR) is 77.1 cm³/mol. The minimum Gasteiger partial charge on any atom is -0.449 e. The van der Waals surface area contributed by atoms with E-state index >= 15 is 0 Å². The Morgan fingerprint density at radius 3 is 3.10 bits per heavy atom. The highest BCUT2D eigenvalue weighted by atomic mass is 35.5. The second-order valence-corrected chi connectivity index (χ2v) is 4.91. The van der Waals surface area contributed by atoms with E-state index in [0.29, 0.717) is 24.7 Å². The first-order valence-corrected chi connectivity index (χ1v) is 6.87. The third kappa shape index (κ3) is 2.87. The Morgan fingerprint density at radius 1 is 1.43 bits per heavy atom. The van der Waals surface area contributed by atoms with Gasteiger partial charge in [0.15, 0.2) is 6.17 Å². The van der Waals surface area contributed by atoms with E-state index in [1.165, 1.54) is 4.90 Å². The number of anilines is 1. The predicted octanol–water partition coefficient (Wildman–Crippen LogP) is 2.16. The molecule has 1 atom stereocenters. The molecular weight excluding hydrogens is 299 g/mol. The zero-order valence-electron chi connectivity index (χ0n) is 11.0. The van der Waals surface area contributed by atoms with Crippen LogP contribution in [-0.4, -0.2) is 48.0 Å². The summed E-state index contributed by atoms with van der Waals surface area (Å²) in [6, 6.07) is 4.98. The maximum absolute atomic E-state index is 13.9. The van der Waals surface area contributed by atoms with Crippen molar-refractivity contribution in [3.63, 3.8) is 0 Å². The van der Waals surface area contributed by atoms with Crippen molar-refractivity contribution in [2.24, 2.45) is 9.98 Å². The molecule has 0 bridgehead atoms. The van der Waals surface area contributed by atoms with E-state index in [9.17, 15) is 9.18 Å². The first-order chi connectivity index (χ1) is 10.1. The Kier molecular flexibility index (Phi) is 3.83. The molecule has 6 nitrogen and oxygen atoms in total. The molecule has 3 rings (SSSR count). The number of ether oxygens (including phenoxy) is 1. The van der Waals surface area contributed by atoms with Crippen LogP contribution in [0.4, 0.5) is 15.0 Å². The molecule has 1 aromatic heterocycles. The summed E-state index contributed by atoms with van der Waals surface area (Å²) in [4.78, 5) is 25.0. The molecule has 3 heterocycles. The van der Waals surface area contributed by atoms with E-state index in [-0.39, 0.29) is 17.6 Å². The quantitative estimate of drug-likeness (QED) is 0.786. The van der Waals surface area contributed by atoms with Gasteiger partial charge in [-0.1, -0.05) is 6.07 Å². The average molecular weight is 311 g/mol. The van der Waals surface area contributed by atoms with Crippen LogP contribution >= 0.6 is 11.6 Å². The number of alkyl halides is 1. The van der Waals surface area contributed by atoms with Gasteiger partial charge in [0.1, 0.15) is 11.5 Å². The fraction of sp³-hybridized carbons (Fsp3) is 0.385. The normalized spacial score (nSPS) is 22.5. The second-order valence-electron chi connectivity index (χ2n) is 4.57. The van der Waals surface area contributed by atoms with E-state index < -0.39 is 12.3 Å². The molecule has 2 aliphatic rings. The number of nitrogens with zero attached hydrogens (tertiary/aromatic N) is 4. The molecule has 2 aliphatic heterocycles. The van der Waals surface area contributed by atoms with Crippen molar-refractivity contribution in [2.45, 2.75) is 12.6 Å². The summed E-state index contributed by atoms with van der Waals surface area (Å²) in [7, 11) is 0. The number of hydrogen-bond donors (Lipinski definition) is 0. The number of halogens is 2. The fourth-order valence-electron chi connectivity index (χ4n) is 2.14. The van der Waals surface area contributed by atoms with Gasteiger partial charge in [-0.25, -0.2) is 19.2 Å². The molecule has 8 heteroatoms. The van der Waals surface area contributed by atoms with Crippen molar-refractivity contribution in [3.05, 3.63) is 23.9 Å². The summed E-state index contributed by atoms with van der Waals surface area (Å²) in [5.74, 6) is 0.408. The van der Waals surface area contributed by atoms with Gasteiger partial charge in [0.05, 0.1) is 18.8 Å². The third-order valence-corrected chi connectivity index (χ3v) is 3.34. The molecule has 0 aliphatic carbocycles. The lowest BCUT2D eigenvalue weighted by Crippen LogP contribution is -2.38. The van der Waals surface area contributed by atoms with E-state index in [4.69, 9.17) is 16.3 Å². The number of aromatic nitrogens is 1. The Labute approximate surface area is 125 Å². The first kappa shape index (κ1) is 13.9. The lowest BCUT2D eigenvalue weighted by atomic mass is 10.1. The number of pyridine rings is 1. The molecular formula is C13H12ClFN4O2. The number of amidine groups is 1. The third-order valence-electron chi connectivity index (χ3n) is 3.14. The monoisotopic (exact) mass is 310 g/mol. The van der Waals surface area contributed by atoms with Crippen molar-refractivity contribution >= 4 is 34.5 Å². The van der Waals surface area contributed by atoms with Crippen LogP contribution in [0.2, 0.25) is 0 Å². The maximum atomic E-state index is 13.9. The van der Waals surface area contributed by atoms with E-state index in [1.54, 1.807) is 18.2 Å². The van der Waals surface area contributed by atoms with Crippen LogP contribution in [0.5, 0.6) is 0 Å². The minimum absolute atomic E-state index is 0.00323. The smallest absolute Gasteiger partial charge is 0.415 e. The Morgan fingerprint density at radius 2 is 2.29 bits per heavy atom. The number of hydrogen-bond acceptors (Lipinski definition) is 5. The van der Waals surface area contributed by atoms with Crippen molar-refractivity contribution in [1.82, 2.24) is 4.98 Å². The van der Waals surface area contributed by atoms with Crippen LogP contribution in [0, 0.1) is 0 Å². The van der Waals surface area contributed by atoms with Crippen molar-refractivity contribution in [2.75, 3.05) is 24.6 Å². The van der Waals surface area contributed by atoms with Gasteiger partial charge in [-0.15, -0.1) is 0 Å². The number of aliphatic imine (C=N–C) groups is 2. The summed E-state index contributed by atoms with van der Waals surface area (Å²) >= 11 is 5.72. The molecule has 110 valence electrons. The highest BCUT2D eigenvalue weighted by Gasteiger charge is 2.26. The van der Waals surface area contributed by atoms with Gasteiger partial charge in [0, 0.05) is 6.54 Å². The maximum Gasteiger partial charge on any atom is 0.415 e. The zero-order valence-corrected chi connectivity index (χ0v) is 11.8. The summed E-state index contributed by atoms with van der Waals surface area (Å²) < 4.78 is 18.9. The van der Waals surface area contributed by atoms with Crippen LogP contribution < -0.4 is 4.90 Å². The largest absolute Gasteiger partial charge is 0.449 e. The van der Waals surface area contributed by atoms with Gasteiger partial charge >= 0.3 is 6.09 Å². The van der Waals surface area contributed by atoms with E-state index in [2.05, 4.69) is 15.0 Å². The fourth-order valence-corrected chi connectivity index (χ4v) is 2.30. The molecule has 1 unspecified atom stereocenters. The molecule has 21 heavy (non-hydrogen) atoms. The average Bonchev–Trinajstić information content (AvgIpc) is 2.50. The van der Waals surface area contributed by atoms with Crippen LogP contribution in [0.15, 0.2) is 28.2 Å². The lowest BCUT2D eigenvalue weighted by Gasteiger charge is -2.25. The van der Waals surface area contributed by atoms with E-state index in [0.717, 1.165) is 6.42 Å². The molecule has 1 fully saturated rings. The number of carbonyl (C=O) groups is 1. The Balaban J connectivity index is 1.93. The zero-order chi connectivity index (χ0) is 14.8. The molecule has 1 saturated heterocycles. The van der Waals surface area contributed by atoms with Crippen LogP contribution in [0.3, 0.4) is 0 Å². The molecule has 0 spiro atoms. The Bertz CT molecular complexity index is 634. The number of cyclic esters (lactones) is 1. The van der Waals surface area contributed by atoms with Crippen LogP contribution in [-0.2, 0) is 4.74 Å². The summed E-state index contributed by atoms with van der Waals surface area (Å²) in [6.07, 6.45) is -1.08. The highest BCUT2D eigenvalue weighted by molar-refractivity contribution is 6.66. The summed E-state index contributed by atoms with van der Waals surface area (Å²) in [5, 5.41) is 0.00323. The Hall–Kier alpha value is -2.02. The molecule has 0 radical (unpaired) electrons. The number of rotatable bonds is 2. The van der Waals surface area contributed by atoms with Gasteiger partial charge in [-0.3, -0.25) is 9.89 Å². The second kappa shape index (κ2) is 5.77. The van der Waals surface area contributed by atoms with Crippen molar-refractivity contribution < 1.29 is 13.9 Å². The number of amides is 1. The van der Waals surface area contributed by atoms with Gasteiger partial charge in [-0.05, 0) is 30.2 Å². The first-order valence-electron chi connectivity index (χ1n) is 6.49. The molecule has 0 saturated carbocycles. The molecule has 1 amide bonds. The standard InChI is InChI=1S/C13H12ClFN4O2/c14-12-16-7-8(15)11(18-12)9-3-1-4-10(17-9)19-5-2-6-21-13(19)20/h1,3-4,8H,2,5-7H2. The minimum atomic E-state index is -1.36. The van der Waals surface area contributed by atoms with Crippen molar-refractivity contribution in [3.8, 4) is 0 Å². The highest BCUT2D eigenvalue weighted by Crippen LogP contribution is 2.19. The molecule has 0 N–H and O–H groups in total. The van der Waals surface area contributed by atoms with Gasteiger partial charge in [0.25, 0.3) is 0 Å². The van der Waals surface area contributed by atoms with Crippen molar-refractivity contribution in [1.29, 1.82) is 0 Å². The molecule has 1 aromatic rings. The van der Waals surface area contributed by atoms with Crippen LogP contribution in [0.25, 0.3) is 0 Å². The van der Waals surface area contributed by atoms with Gasteiger partial charge in [0.2, 0.25) is 5.29 Å². The topological polar surface area (TPSA) is 67.2 Å². The van der Waals surface area contributed by atoms with Gasteiger partial charge < -0.3 is 4.74 Å². The summed E-state index contributed by atoms with van der Waals surface area (Å²) in [5.41, 5.74) is 0.466. The SMILES string of the molecule is O=C1OCCCN1c1cccc(C2=NC(Cl)=NCC2F)n1. The van der Waals surface area contributed by atoms with E-state index in [1.807, 2.05) is 0 Å². The summed E-state index contributed by atoms with van der Waals surface area (Å²) in [6.45, 7) is 0.846.